The van der Waals surface area contributed by atoms with Crippen LogP contribution >= 0.6 is 12.2 Å². The summed E-state index contributed by atoms with van der Waals surface area (Å²) in [5, 5.41) is 14.7. The average Bonchev–Trinajstić information content (AvgIpc) is 2.62. The van der Waals surface area contributed by atoms with Gasteiger partial charge in [-0.3, -0.25) is 10.1 Å². The maximum absolute atomic E-state index is 12.4. The van der Waals surface area contributed by atoms with Crippen molar-refractivity contribution in [3.05, 3.63) is 59.7 Å². The SMILES string of the molecule is CC(C)CCOc1cccc(C(=O)NC(=S)Nc2ccccc2C#N)c1. The average molecular weight is 367 g/mol. The van der Waals surface area contributed by atoms with Gasteiger partial charge in [0.1, 0.15) is 11.8 Å². The first kappa shape index (κ1) is 19.4. The Hall–Kier alpha value is -2.91. The number of thiocarbonyl (C=S) groups is 1. The molecule has 1 amide bonds. The van der Waals surface area contributed by atoms with Crippen molar-refractivity contribution in [2.75, 3.05) is 11.9 Å². The van der Waals surface area contributed by atoms with E-state index in [-0.39, 0.29) is 11.0 Å². The fourth-order valence-electron chi connectivity index (χ4n) is 2.16. The molecule has 5 nitrogen and oxygen atoms in total. The Bertz CT molecular complexity index is 828. The molecule has 26 heavy (non-hydrogen) atoms. The molecule has 0 aromatic heterocycles. The second-order valence-corrected chi connectivity index (χ2v) is 6.53. The third-order valence-corrected chi connectivity index (χ3v) is 3.79. The van der Waals surface area contributed by atoms with Gasteiger partial charge in [-0.15, -0.1) is 0 Å². The molecule has 2 N–H and O–H groups in total. The zero-order valence-electron chi connectivity index (χ0n) is 14.8. The largest absolute Gasteiger partial charge is 0.494 e. The van der Waals surface area contributed by atoms with Crippen molar-refractivity contribution in [2.45, 2.75) is 20.3 Å². The number of nitriles is 1. The van der Waals surface area contributed by atoms with Crippen molar-refractivity contribution in [1.29, 1.82) is 5.26 Å². The Kier molecular flexibility index (Phi) is 7.12. The van der Waals surface area contributed by atoms with Crippen LogP contribution in [0.4, 0.5) is 5.69 Å². The number of para-hydroxylation sites is 1. The van der Waals surface area contributed by atoms with E-state index in [0.717, 1.165) is 6.42 Å². The van der Waals surface area contributed by atoms with Crippen LogP contribution in [-0.2, 0) is 0 Å². The molecule has 0 spiro atoms. The smallest absolute Gasteiger partial charge is 0.257 e. The minimum atomic E-state index is -0.341. The molecule has 0 aliphatic carbocycles. The number of nitrogens with zero attached hydrogens (tertiary/aromatic N) is 1. The van der Waals surface area contributed by atoms with Crippen molar-refractivity contribution in [3.8, 4) is 11.8 Å². The highest BCUT2D eigenvalue weighted by molar-refractivity contribution is 7.80. The molecule has 0 fully saturated rings. The second-order valence-electron chi connectivity index (χ2n) is 6.12. The summed E-state index contributed by atoms with van der Waals surface area (Å²) < 4.78 is 5.67. The normalized spacial score (nSPS) is 10.1. The molecule has 0 aliphatic rings. The number of anilines is 1. The highest BCUT2D eigenvalue weighted by Gasteiger charge is 2.10. The predicted molar refractivity (Wildman–Crippen MR) is 106 cm³/mol. The van der Waals surface area contributed by atoms with E-state index < -0.39 is 0 Å². The van der Waals surface area contributed by atoms with Gasteiger partial charge in [0.15, 0.2) is 5.11 Å². The van der Waals surface area contributed by atoms with Crippen LogP contribution in [0.15, 0.2) is 48.5 Å². The summed E-state index contributed by atoms with van der Waals surface area (Å²) in [6.45, 7) is 4.87. The first-order valence-electron chi connectivity index (χ1n) is 8.34. The summed E-state index contributed by atoms with van der Waals surface area (Å²) >= 11 is 5.17. The topological polar surface area (TPSA) is 74.2 Å². The van der Waals surface area contributed by atoms with Crippen LogP contribution in [0.3, 0.4) is 0 Å². The van der Waals surface area contributed by atoms with Crippen molar-refractivity contribution < 1.29 is 9.53 Å². The Morgan fingerprint density at radius 3 is 2.73 bits per heavy atom. The molecule has 0 saturated heterocycles. The zero-order valence-corrected chi connectivity index (χ0v) is 15.6. The quantitative estimate of drug-likeness (QED) is 0.752. The first-order chi connectivity index (χ1) is 12.5. The molecule has 0 atom stereocenters. The van der Waals surface area contributed by atoms with Gasteiger partial charge in [0, 0.05) is 5.56 Å². The fourth-order valence-corrected chi connectivity index (χ4v) is 2.36. The van der Waals surface area contributed by atoms with E-state index in [2.05, 4.69) is 30.6 Å². The fraction of sp³-hybridized carbons (Fsp3) is 0.250. The number of amides is 1. The third-order valence-electron chi connectivity index (χ3n) is 3.58. The van der Waals surface area contributed by atoms with Gasteiger partial charge in [0.25, 0.3) is 5.91 Å². The molecule has 2 aromatic rings. The Balaban J connectivity index is 1.96. The lowest BCUT2D eigenvalue weighted by Gasteiger charge is -2.12. The number of hydrogen-bond donors (Lipinski definition) is 2. The first-order valence-corrected chi connectivity index (χ1v) is 8.74. The van der Waals surface area contributed by atoms with Crippen LogP contribution in [0.5, 0.6) is 5.75 Å². The van der Waals surface area contributed by atoms with Gasteiger partial charge in [-0.05, 0) is 54.9 Å². The van der Waals surface area contributed by atoms with E-state index in [1.165, 1.54) is 0 Å². The molecular weight excluding hydrogens is 346 g/mol. The molecule has 2 aromatic carbocycles. The molecule has 6 heteroatoms. The van der Waals surface area contributed by atoms with E-state index in [4.69, 9.17) is 22.2 Å². The number of hydrogen-bond acceptors (Lipinski definition) is 4. The van der Waals surface area contributed by atoms with Crippen LogP contribution in [0.25, 0.3) is 0 Å². The summed E-state index contributed by atoms with van der Waals surface area (Å²) in [7, 11) is 0. The molecule has 0 heterocycles. The predicted octanol–water partition coefficient (Wildman–Crippen LogP) is 4.11. The molecule has 2 rings (SSSR count). The molecule has 0 saturated carbocycles. The lowest BCUT2D eigenvalue weighted by molar-refractivity contribution is 0.0977. The minimum Gasteiger partial charge on any atom is -0.494 e. The second kappa shape index (κ2) is 9.54. The molecular formula is C20H21N3O2S. The highest BCUT2D eigenvalue weighted by Crippen LogP contribution is 2.15. The van der Waals surface area contributed by atoms with Crippen LogP contribution < -0.4 is 15.4 Å². The van der Waals surface area contributed by atoms with Crippen LogP contribution in [0.1, 0.15) is 36.2 Å². The lowest BCUT2D eigenvalue weighted by atomic mass is 10.1. The van der Waals surface area contributed by atoms with Crippen molar-refractivity contribution >= 4 is 28.9 Å². The molecule has 134 valence electrons. The van der Waals surface area contributed by atoms with Gasteiger partial charge in [-0.2, -0.15) is 5.26 Å². The van der Waals surface area contributed by atoms with Gasteiger partial charge in [-0.25, -0.2) is 0 Å². The summed E-state index contributed by atoms with van der Waals surface area (Å²) in [5.74, 6) is 0.861. The van der Waals surface area contributed by atoms with Crippen molar-refractivity contribution in [1.82, 2.24) is 5.32 Å². The standard InChI is InChI=1S/C20H21N3O2S/c1-14(2)10-11-25-17-8-5-7-15(12-17)19(24)23-20(26)22-18-9-4-3-6-16(18)13-21/h3-9,12,14H,10-11H2,1-2H3,(H2,22,23,24,26). The van der Waals surface area contributed by atoms with Crippen LogP contribution in [0, 0.1) is 17.2 Å². The Morgan fingerprint density at radius 2 is 2.00 bits per heavy atom. The van der Waals surface area contributed by atoms with E-state index in [0.29, 0.717) is 35.1 Å². The maximum Gasteiger partial charge on any atom is 0.257 e. The molecule has 0 radical (unpaired) electrons. The summed E-state index contributed by atoms with van der Waals surface area (Å²) in [4.78, 5) is 12.4. The monoisotopic (exact) mass is 367 g/mol. The van der Waals surface area contributed by atoms with E-state index >= 15 is 0 Å². The number of rotatable bonds is 6. The number of ether oxygens (including phenoxy) is 1. The van der Waals surface area contributed by atoms with Gasteiger partial charge in [0.2, 0.25) is 0 Å². The summed E-state index contributed by atoms with van der Waals surface area (Å²) in [6.07, 6.45) is 0.947. The van der Waals surface area contributed by atoms with Gasteiger partial charge in [0.05, 0.1) is 17.9 Å². The lowest BCUT2D eigenvalue weighted by Crippen LogP contribution is -2.34. The number of benzene rings is 2. The van der Waals surface area contributed by atoms with Crippen molar-refractivity contribution in [3.63, 3.8) is 0 Å². The minimum absolute atomic E-state index is 0.129. The van der Waals surface area contributed by atoms with E-state index in [9.17, 15) is 4.79 Å². The highest BCUT2D eigenvalue weighted by atomic mass is 32.1. The van der Waals surface area contributed by atoms with Crippen LogP contribution in [-0.4, -0.2) is 17.6 Å². The molecule has 0 bridgehead atoms. The number of nitrogens with one attached hydrogen (secondary N) is 2. The Labute approximate surface area is 159 Å². The van der Waals surface area contributed by atoms with Gasteiger partial charge in [-0.1, -0.05) is 32.0 Å². The number of carbonyl (C=O) groups excluding carboxylic acids is 1. The van der Waals surface area contributed by atoms with Gasteiger partial charge < -0.3 is 10.1 Å². The van der Waals surface area contributed by atoms with E-state index in [1.807, 2.05) is 6.07 Å². The third kappa shape index (κ3) is 5.87. The zero-order chi connectivity index (χ0) is 18.9. The van der Waals surface area contributed by atoms with Gasteiger partial charge >= 0.3 is 0 Å². The molecule has 0 unspecified atom stereocenters. The van der Waals surface area contributed by atoms with Crippen molar-refractivity contribution in [2.24, 2.45) is 5.92 Å². The summed E-state index contributed by atoms with van der Waals surface area (Å²) in [6, 6.07) is 16.0. The Morgan fingerprint density at radius 1 is 1.23 bits per heavy atom. The number of carbonyl (C=O) groups is 1. The maximum atomic E-state index is 12.4. The van der Waals surface area contributed by atoms with E-state index in [1.54, 1.807) is 42.5 Å². The summed E-state index contributed by atoms with van der Waals surface area (Å²) in [5.41, 5.74) is 1.44. The molecule has 0 aliphatic heterocycles. The van der Waals surface area contributed by atoms with Crippen LogP contribution in [0.2, 0.25) is 0 Å².